The molecule has 3 atom stereocenters. The molecule has 2 N–H and O–H groups in total. The molecule has 0 amide bonds. The molecule has 0 fully saturated rings. The van der Waals surface area contributed by atoms with Crippen molar-refractivity contribution in [3.63, 3.8) is 0 Å². The average Bonchev–Trinajstić information content (AvgIpc) is 2.81. The predicted octanol–water partition coefficient (Wildman–Crippen LogP) is 2.78. The first-order valence-electron chi connectivity index (χ1n) is 10.8. The van der Waals surface area contributed by atoms with Gasteiger partial charge in [0.1, 0.15) is 46.1 Å². The summed E-state index contributed by atoms with van der Waals surface area (Å²) in [4.78, 5) is 25.5. The molecule has 2 aliphatic heterocycles. The minimum absolute atomic E-state index is 0.0232. The smallest absolute Gasteiger partial charge is 0.187 e. The van der Waals surface area contributed by atoms with E-state index in [9.17, 15) is 17.8 Å². The van der Waals surface area contributed by atoms with Crippen molar-refractivity contribution in [2.24, 2.45) is 15.1 Å². The van der Waals surface area contributed by atoms with Gasteiger partial charge in [0.2, 0.25) is 0 Å². The van der Waals surface area contributed by atoms with E-state index in [0.717, 1.165) is 6.07 Å². The Morgan fingerprint density at radius 3 is 2.82 bits per heavy atom. The third-order valence-electron chi connectivity index (χ3n) is 6.51. The number of halogens is 2. The van der Waals surface area contributed by atoms with Crippen LogP contribution in [0.4, 0.5) is 8.78 Å². The number of Topliss-reactive ketones (excluding diaryl/α,β-unsaturated/α-hetero) is 1. The lowest BCUT2D eigenvalue weighted by molar-refractivity contribution is 0.0986. The lowest BCUT2D eigenvalue weighted by atomic mass is 9.95. The maximum absolute atomic E-state index is 15.0. The Bertz CT molecular complexity index is 1380. The number of carbonyl (C=O) groups excluding carboxylic acids is 1. The molecule has 178 valence electrons. The van der Waals surface area contributed by atoms with Crippen LogP contribution in [0.1, 0.15) is 52.8 Å². The molecule has 0 bridgehead atoms. The number of ketones is 1. The topological polar surface area (TPSA) is 134 Å². The summed E-state index contributed by atoms with van der Waals surface area (Å²) in [6.07, 6.45) is 2.24. The molecule has 2 aromatic heterocycles. The maximum Gasteiger partial charge on any atom is 0.187 e. The zero-order valence-corrected chi connectivity index (χ0v) is 19.7. The molecule has 8 nitrogen and oxygen atoms in total. The first kappa shape index (κ1) is 23.9. The van der Waals surface area contributed by atoms with Gasteiger partial charge in [-0.05, 0) is 50.5 Å². The van der Waals surface area contributed by atoms with Gasteiger partial charge in [0.05, 0.1) is 27.5 Å². The van der Waals surface area contributed by atoms with E-state index in [1.54, 1.807) is 19.9 Å². The molecule has 0 aliphatic carbocycles. The lowest BCUT2D eigenvalue weighted by Crippen LogP contribution is -2.59. The second kappa shape index (κ2) is 8.51. The molecule has 0 saturated heterocycles. The molecule has 0 saturated carbocycles. The summed E-state index contributed by atoms with van der Waals surface area (Å²) in [5, 5.41) is 8.98. The van der Waals surface area contributed by atoms with E-state index in [-0.39, 0.29) is 35.1 Å². The number of amidine groups is 1. The Hall–Kier alpha value is -3.26. The van der Waals surface area contributed by atoms with Gasteiger partial charge >= 0.3 is 0 Å². The van der Waals surface area contributed by atoms with Crippen LogP contribution in [0.25, 0.3) is 0 Å². The number of nitrogens with two attached hydrogens (primary N) is 1. The van der Waals surface area contributed by atoms with E-state index in [0.29, 0.717) is 30.5 Å². The summed E-state index contributed by atoms with van der Waals surface area (Å²) < 4.78 is 46.6. The number of pyridine rings is 2. The van der Waals surface area contributed by atoms with E-state index >= 15 is 0 Å². The van der Waals surface area contributed by atoms with Gasteiger partial charge in [-0.2, -0.15) is 5.26 Å². The number of hydrogen-bond acceptors (Lipinski definition) is 8. The van der Waals surface area contributed by atoms with Crippen LogP contribution < -0.4 is 5.73 Å². The quantitative estimate of drug-likeness (QED) is 0.646. The first-order valence-corrected chi connectivity index (χ1v) is 12.4. The third-order valence-corrected chi connectivity index (χ3v) is 9.79. The van der Waals surface area contributed by atoms with Crippen molar-refractivity contribution >= 4 is 21.3 Å². The Morgan fingerprint density at radius 2 is 2.15 bits per heavy atom. The van der Waals surface area contributed by atoms with Crippen LogP contribution in [0.5, 0.6) is 0 Å². The Balaban J connectivity index is 1.74. The molecular formula is C23H24F2N6O2S. The van der Waals surface area contributed by atoms with Gasteiger partial charge in [-0.15, -0.1) is 0 Å². The summed E-state index contributed by atoms with van der Waals surface area (Å²) in [6, 6.07) is 5.92. The van der Waals surface area contributed by atoms with Crippen LogP contribution in [0, 0.1) is 24.1 Å². The van der Waals surface area contributed by atoms with Crippen molar-refractivity contribution in [1.29, 1.82) is 5.26 Å². The van der Waals surface area contributed by atoms with Crippen LogP contribution in [-0.2, 0) is 21.7 Å². The van der Waals surface area contributed by atoms with Gasteiger partial charge in [-0.1, -0.05) is 0 Å². The fraction of sp³-hybridized carbons (Fsp3) is 0.435. The van der Waals surface area contributed by atoms with Gasteiger partial charge in [0, 0.05) is 18.4 Å². The lowest BCUT2D eigenvalue weighted by Gasteiger charge is -2.44. The van der Waals surface area contributed by atoms with Gasteiger partial charge in [0.15, 0.2) is 5.78 Å². The van der Waals surface area contributed by atoms with E-state index in [4.69, 9.17) is 11.0 Å². The number of fused-ring (bicyclic) bond motifs is 1. The van der Waals surface area contributed by atoms with Crippen molar-refractivity contribution in [3.8, 4) is 6.07 Å². The number of aromatic nitrogens is 2. The van der Waals surface area contributed by atoms with E-state index in [1.165, 1.54) is 12.3 Å². The monoisotopic (exact) mass is 486 g/mol. The second-order valence-corrected chi connectivity index (χ2v) is 11.6. The summed E-state index contributed by atoms with van der Waals surface area (Å²) in [7, 11) is -3.04. The fourth-order valence-corrected chi connectivity index (χ4v) is 7.35. The van der Waals surface area contributed by atoms with Gasteiger partial charge in [0.25, 0.3) is 0 Å². The van der Waals surface area contributed by atoms with Crippen molar-refractivity contribution in [1.82, 2.24) is 9.97 Å². The van der Waals surface area contributed by atoms with Crippen molar-refractivity contribution < 1.29 is 17.8 Å². The standard InChI is InChI=1S/C23H24F2N6O2S/c1-14-8-15(10-26)11-28-19(14)18(32)9-16-4-5-17(25)20(30-16)23(12-24)13-34(33)22(2,21(27)31-23)6-3-7-29-34/h4-5,8,11H,3,6-7,9,12-13H2,1-2H3,(H2,27,31). The van der Waals surface area contributed by atoms with Crippen LogP contribution >= 0.6 is 0 Å². The third kappa shape index (κ3) is 3.76. The summed E-state index contributed by atoms with van der Waals surface area (Å²) in [6.45, 7) is 2.54. The van der Waals surface area contributed by atoms with E-state index in [2.05, 4.69) is 19.3 Å². The van der Waals surface area contributed by atoms with E-state index < -0.39 is 38.3 Å². The number of hydrogen-bond donors (Lipinski definition) is 1. The zero-order valence-electron chi connectivity index (χ0n) is 18.8. The highest BCUT2D eigenvalue weighted by atomic mass is 32.2. The van der Waals surface area contributed by atoms with Gasteiger partial charge < -0.3 is 5.73 Å². The molecule has 11 heteroatoms. The minimum Gasteiger partial charge on any atom is -0.386 e. The molecule has 34 heavy (non-hydrogen) atoms. The van der Waals surface area contributed by atoms with Gasteiger partial charge in [-0.3, -0.25) is 19.8 Å². The van der Waals surface area contributed by atoms with Crippen LogP contribution in [0.2, 0.25) is 0 Å². The summed E-state index contributed by atoms with van der Waals surface area (Å²) >= 11 is 0. The highest BCUT2D eigenvalue weighted by molar-refractivity contribution is 7.95. The summed E-state index contributed by atoms with van der Waals surface area (Å²) in [5.74, 6) is -1.59. The highest BCUT2D eigenvalue weighted by Crippen LogP contribution is 2.42. The molecule has 0 aromatic carbocycles. The largest absolute Gasteiger partial charge is 0.386 e. The molecular weight excluding hydrogens is 462 g/mol. The van der Waals surface area contributed by atoms with Crippen LogP contribution in [0.3, 0.4) is 0 Å². The Morgan fingerprint density at radius 1 is 1.38 bits per heavy atom. The number of nitrogens with zero attached hydrogens (tertiary/aromatic N) is 5. The first-order chi connectivity index (χ1) is 16.1. The molecule has 4 heterocycles. The van der Waals surface area contributed by atoms with E-state index in [1.807, 2.05) is 6.07 Å². The Labute approximate surface area is 196 Å². The van der Waals surface area contributed by atoms with Crippen molar-refractivity contribution in [3.05, 3.63) is 58.4 Å². The fourth-order valence-electron chi connectivity index (χ4n) is 4.47. The maximum atomic E-state index is 15.0. The zero-order chi connectivity index (χ0) is 24.7. The number of carbonyl (C=O) groups is 1. The average molecular weight is 487 g/mol. The molecule has 2 aliphatic rings. The number of aliphatic imine (C=N–C) groups is 1. The van der Waals surface area contributed by atoms with Crippen LogP contribution in [-0.4, -0.2) is 49.5 Å². The van der Waals surface area contributed by atoms with Crippen molar-refractivity contribution in [2.75, 3.05) is 19.0 Å². The minimum atomic E-state index is -3.04. The highest BCUT2D eigenvalue weighted by Gasteiger charge is 2.54. The molecule has 2 aromatic rings. The predicted molar refractivity (Wildman–Crippen MR) is 123 cm³/mol. The van der Waals surface area contributed by atoms with Crippen molar-refractivity contribution in [2.45, 2.75) is 43.4 Å². The number of alkyl halides is 1. The second-order valence-electron chi connectivity index (χ2n) is 8.87. The molecule has 3 unspecified atom stereocenters. The SMILES string of the molecule is Cc1cc(C#N)cnc1C(=O)Cc1ccc(F)c(C2(CF)CS3(=O)=NCCCC3(C)C(N)=N2)n1. The molecule has 0 spiro atoms. The molecule has 0 radical (unpaired) electrons. The summed E-state index contributed by atoms with van der Waals surface area (Å²) in [5.41, 5.74) is 5.13. The Kier molecular flexibility index (Phi) is 5.97. The number of rotatable bonds is 5. The number of aryl methyl sites for hydroxylation is 1. The normalized spacial score (nSPS) is 28.3. The van der Waals surface area contributed by atoms with Gasteiger partial charge in [-0.25, -0.2) is 17.4 Å². The van der Waals surface area contributed by atoms with Crippen LogP contribution in [0.15, 0.2) is 33.8 Å². The number of nitriles is 1. The molecule has 4 rings (SSSR count).